The van der Waals surface area contributed by atoms with Gasteiger partial charge in [0.1, 0.15) is 0 Å². The minimum Gasteiger partial charge on any atom is -0.481 e. The van der Waals surface area contributed by atoms with Gasteiger partial charge in [-0.1, -0.05) is 6.92 Å². The molecule has 3 aliphatic rings. The number of hydrogen-bond donors (Lipinski definition) is 2. The van der Waals surface area contributed by atoms with Crippen molar-refractivity contribution in [3.63, 3.8) is 0 Å². The van der Waals surface area contributed by atoms with Gasteiger partial charge >= 0.3 is 11.9 Å². The Morgan fingerprint density at radius 1 is 1.31 bits per heavy atom. The average molecular weight is 184 g/mol. The van der Waals surface area contributed by atoms with Gasteiger partial charge in [0.25, 0.3) is 0 Å². The molecule has 0 saturated heterocycles. The van der Waals surface area contributed by atoms with Crippen molar-refractivity contribution in [1.29, 1.82) is 0 Å². The third kappa shape index (κ3) is 0.857. The van der Waals surface area contributed by atoms with Crippen LogP contribution in [0.2, 0.25) is 0 Å². The minimum atomic E-state index is -0.955. The van der Waals surface area contributed by atoms with Crippen molar-refractivity contribution >= 4 is 11.9 Å². The highest BCUT2D eigenvalue weighted by molar-refractivity contribution is 5.86. The molecule has 0 amide bonds. The van der Waals surface area contributed by atoms with Crippen LogP contribution >= 0.6 is 0 Å². The smallest absolute Gasteiger partial charge is 0.310 e. The highest BCUT2D eigenvalue weighted by Crippen LogP contribution is 2.69. The van der Waals surface area contributed by atoms with Gasteiger partial charge in [-0.05, 0) is 24.7 Å². The van der Waals surface area contributed by atoms with Gasteiger partial charge in [-0.3, -0.25) is 9.59 Å². The van der Waals surface area contributed by atoms with E-state index in [0.29, 0.717) is 19.3 Å². The van der Waals surface area contributed by atoms with Crippen molar-refractivity contribution < 1.29 is 19.8 Å². The number of hydrogen-bond acceptors (Lipinski definition) is 2. The maximum atomic E-state index is 11.0. The van der Waals surface area contributed by atoms with Crippen LogP contribution in [0, 0.1) is 16.7 Å². The van der Waals surface area contributed by atoms with Crippen LogP contribution in [0.5, 0.6) is 0 Å². The first kappa shape index (κ1) is 8.53. The summed E-state index contributed by atoms with van der Waals surface area (Å²) in [5.74, 6) is -2.56. The summed E-state index contributed by atoms with van der Waals surface area (Å²) < 4.78 is 0. The molecule has 13 heavy (non-hydrogen) atoms. The van der Waals surface area contributed by atoms with Crippen molar-refractivity contribution in [2.24, 2.45) is 16.7 Å². The second-order valence-electron chi connectivity index (χ2n) is 4.72. The zero-order valence-corrected chi connectivity index (χ0v) is 7.41. The summed E-state index contributed by atoms with van der Waals surface area (Å²) in [6, 6.07) is 0. The minimum absolute atomic E-state index is 0.0263. The molecule has 0 radical (unpaired) electrons. The molecule has 0 spiro atoms. The van der Waals surface area contributed by atoms with E-state index in [1.807, 2.05) is 6.92 Å². The maximum absolute atomic E-state index is 11.0. The highest BCUT2D eigenvalue weighted by Gasteiger charge is 2.70. The van der Waals surface area contributed by atoms with Crippen molar-refractivity contribution in [1.82, 2.24) is 0 Å². The van der Waals surface area contributed by atoms with E-state index in [0.717, 1.165) is 0 Å². The lowest BCUT2D eigenvalue weighted by molar-refractivity contribution is -0.165. The monoisotopic (exact) mass is 184 g/mol. The number of fused-ring (bicyclic) bond motifs is 1. The number of carbonyl (C=O) groups is 2. The Morgan fingerprint density at radius 3 is 2.15 bits per heavy atom. The van der Waals surface area contributed by atoms with Crippen molar-refractivity contribution in [2.75, 3.05) is 0 Å². The summed E-state index contributed by atoms with van der Waals surface area (Å²) >= 11 is 0. The fourth-order valence-corrected chi connectivity index (χ4v) is 3.17. The quantitative estimate of drug-likeness (QED) is 0.670. The van der Waals surface area contributed by atoms with Gasteiger partial charge in [0.15, 0.2) is 0 Å². The van der Waals surface area contributed by atoms with Crippen LogP contribution < -0.4 is 0 Å². The maximum Gasteiger partial charge on any atom is 0.310 e. The van der Waals surface area contributed by atoms with Crippen molar-refractivity contribution in [2.45, 2.75) is 26.2 Å². The third-order valence-electron chi connectivity index (χ3n) is 3.57. The van der Waals surface area contributed by atoms with Gasteiger partial charge < -0.3 is 10.2 Å². The lowest BCUT2D eigenvalue weighted by atomic mass is 9.60. The van der Waals surface area contributed by atoms with Crippen LogP contribution in [-0.4, -0.2) is 22.2 Å². The molecule has 0 aliphatic heterocycles. The van der Waals surface area contributed by atoms with Gasteiger partial charge in [-0.2, -0.15) is 0 Å². The first-order valence-corrected chi connectivity index (χ1v) is 4.36. The lowest BCUT2D eigenvalue weighted by Gasteiger charge is -2.42. The molecule has 2 bridgehead atoms. The molecule has 1 atom stereocenters. The standard InChI is InChI=1S/C9H12O4/c1-8-2-5(6(10)11)9(3-8,4-8)7(12)13/h5H,2-4H2,1H3,(H,10,11)(H,12,13). The van der Waals surface area contributed by atoms with E-state index in [2.05, 4.69) is 0 Å². The zero-order valence-electron chi connectivity index (χ0n) is 7.41. The summed E-state index contributed by atoms with van der Waals surface area (Å²) in [6.45, 7) is 1.97. The second kappa shape index (κ2) is 2.05. The molecule has 72 valence electrons. The molecule has 3 rings (SSSR count). The second-order valence-corrected chi connectivity index (χ2v) is 4.72. The van der Waals surface area contributed by atoms with Crippen LogP contribution in [0.4, 0.5) is 0 Å². The average Bonchev–Trinajstić information content (AvgIpc) is 2.36. The Hall–Kier alpha value is -1.06. The summed E-state index contributed by atoms with van der Waals surface area (Å²) in [6.07, 6.45) is 1.59. The molecule has 0 aromatic rings. The number of carboxylic acids is 2. The van der Waals surface area contributed by atoms with Crippen LogP contribution in [-0.2, 0) is 9.59 Å². The Kier molecular flexibility index (Phi) is 1.35. The number of rotatable bonds is 2. The number of carboxylic acid groups (broad SMARTS) is 2. The molecule has 0 heterocycles. The third-order valence-corrected chi connectivity index (χ3v) is 3.57. The van der Waals surface area contributed by atoms with E-state index in [4.69, 9.17) is 10.2 Å². The van der Waals surface area contributed by atoms with E-state index in [1.165, 1.54) is 0 Å². The Bertz CT molecular complexity index is 282. The van der Waals surface area contributed by atoms with Gasteiger partial charge in [-0.15, -0.1) is 0 Å². The molecule has 1 unspecified atom stereocenters. The van der Waals surface area contributed by atoms with Crippen LogP contribution in [0.15, 0.2) is 0 Å². The van der Waals surface area contributed by atoms with Crippen molar-refractivity contribution in [3.05, 3.63) is 0 Å². The lowest BCUT2D eigenvalue weighted by Crippen LogP contribution is -2.45. The first-order chi connectivity index (χ1) is 5.90. The van der Waals surface area contributed by atoms with E-state index in [1.54, 1.807) is 0 Å². The number of aliphatic carboxylic acids is 2. The molecule has 0 aromatic carbocycles. The predicted octanol–water partition coefficient (Wildman–Crippen LogP) is 0.962. The van der Waals surface area contributed by atoms with E-state index in [-0.39, 0.29) is 5.41 Å². The molecule has 0 aromatic heterocycles. The zero-order chi connectivity index (χ0) is 9.85. The van der Waals surface area contributed by atoms with Gasteiger partial charge in [0.2, 0.25) is 0 Å². The van der Waals surface area contributed by atoms with E-state index in [9.17, 15) is 9.59 Å². The van der Waals surface area contributed by atoms with Crippen molar-refractivity contribution in [3.8, 4) is 0 Å². The molecule has 3 fully saturated rings. The Labute approximate surface area is 75.6 Å². The van der Waals surface area contributed by atoms with E-state index < -0.39 is 23.3 Å². The topological polar surface area (TPSA) is 74.6 Å². The highest BCUT2D eigenvalue weighted by atomic mass is 16.4. The first-order valence-electron chi connectivity index (χ1n) is 4.36. The van der Waals surface area contributed by atoms with Crippen LogP contribution in [0.3, 0.4) is 0 Å². The predicted molar refractivity (Wildman–Crippen MR) is 43.2 cm³/mol. The van der Waals surface area contributed by atoms with Gasteiger partial charge in [0, 0.05) is 0 Å². The molecular formula is C9H12O4. The SMILES string of the molecule is CC12CC(C(=O)O)C(C(=O)O)(C1)C2. The summed E-state index contributed by atoms with van der Waals surface area (Å²) in [5, 5.41) is 17.9. The fraction of sp³-hybridized carbons (Fsp3) is 0.778. The van der Waals surface area contributed by atoms with Crippen LogP contribution in [0.25, 0.3) is 0 Å². The Balaban J connectivity index is 2.32. The summed E-state index contributed by atoms with van der Waals surface area (Å²) in [4.78, 5) is 21.8. The van der Waals surface area contributed by atoms with Gasteiger partial charge in [0.05, 0.1) is 11.3 Å². The molecule has 3 aliphatic carbocycles. The Morgan fingerprint density at radius 2 is 1.85 bits per heavy atom. The molecular weight excluding hydrogens is 172 g/mol. The van der Waals surface area contributed by atoms with E-state index >= 15 is 0 Å². The fourth-order valence-electron chi connectivity index (χ4n) is 3.17. The molecule has 4 nitrogen and oxygen atoms in total. The molecule has 3 saturated carbocycles. The summed E-state index contributed by atoms with van der Waals surface area (Å²) in [7, 11) is 0. The van der Waals surface area contributed by atoms with Crippen LogP contribution in [0.1, 0.15) is 26.2 Å². The largest absolute Gasteiger partial charge is 0.481 e. The van der Waals surface area contributed by atoms with Gasteiger partial charge in [-0.25, -0.2) is 0 Å². The normalized spacial score (nSPS) is 47.0. The summed E-state index contributed by atoms with van der Waals surface area (Å²) in [5.41, 5.74) is -0.970. The molecule has 4 heteroatoms. The molecule has 2 N–H and O–H groups in total.